The second kappa shape index (κ2) is 6.87. The zero-order valence-corrected chi connectivity index (χ0v) is 17.3. The van der Waals surface area contributed by atoms with Gasteiger partial charge in [0.1, 0.15) is 17.8 Å². The molecule has 0 radical (unpaired) electrons. The van der Waals surface area contributed by atoms with Gasteiger partial charge in [-0.2, -0.15) is 4.52 Å². The van der Waals surface area contributed by atoms with Gasteiger partial charge in [-0.25, -0.2) is 4.98 Å². The first kappa shape index (κ1) is 18.9. The predicted octanol–water partition coefficient (Wildman–Crippen LogP) is 2.91. The molecule has 148 valence electrons. The molecule has 0 aromatic carbocycles. The molecule has 2 N–H and O–H groups in total. The number of carbonyl (C=O) groups excluding carboxylic acids is 1. The monoisotopic (exact) mass is 449 g/mol. The van der Waals surface area contributed by atoms with E-state index in [1.54, 1.807) is 43.4 Å². The molecule has 2 atom stereocenters. The van der Waals surface area contributed by atoms with Gasteiger partial charge in [0.25, 0.3) is 5.91 Å². The third kappa shape index (κ3) is 2.97. The van der Waals surface area contributed by atoms with Crippen LogP contribution in [0.2, 0.25) is 0 Å². The molecule has 1 aliphatic heterocycles. The van der Waals surface area contributed by atoms with Crippen molar-refractivity contribution in [3.8, 4) is 11.6 Å². The number of amides is 1. The fourth-order valence-electron chi connectivity index (χ4n) is 3.52. The number of furan rings is 1. The molecule has 4 rings (SSSR count). The van der Waals surface area contributed by atoms with E-state index < -0.39 is 5.72 Å². The molecule has 0 saturated carbocycles. The highest BCUT2D eigenvalue weighted by Gasteiger charge is 2.46. The summed E-state index contributed by atoms with van der Waals surface area (Å²) in [5, 5.41) is 4.36. The molecule has 10 heteroatoms. The van der Waals surface area contributed by atoms with E-state index in [1.807, 2.05) is 6.92 Å². The SMILES string of the molecule is CO[C@H]1CC[C@](C)(OC)N1C(=O)c1cc(N)n2nc(-c3ccc(Br)o3)nc2c1. The van der Waals surface area contributed by atoms with Crippen LogP contribution in [-0.4, -0.2) is 51.6 Å². The number of fused-ring (bicyclic) bond motifs is 1. The number of hydrogen-bond acceptors (Lipinski definition) is 7. The minimum absolute atomic E-state index is 0.242. The van der Waals surface area contributed by atoms with Gasteiger partial charge in [0, 0.05) is 19.8 Å². The van der Waals surface area contributed by atoms with Crippen LogP contribution in [0.5, 0.6) is 0 Å². The number of aromatic nitrogens is 3. The van der Waals surface area contributed by atoms with Crippen LogP contribution in [0, 0.1) is 0 Å². The molecule has 0 spiro atoms. The number of ether oxygens (including phenoxy) is 2. The van der Waals surface area contributed by atoms with Gasteiger partial charge in [-0.05, 0) is 60.0 Å². The van der Waals surface area contributed by atoms with Crippen LogP contribution >= 0.6 is 15.9 Å². The molecule has 3 aromatic heterocycles. The zero-order chi connectivity index (χ0) is 20.1. The van der Waals surface area contributed by atoms with Crippen LogP contribution in [0.3, 0.4) is 0 Å². The van der Waals surface area contributed by atoms with Gasteiger partial charge in [0.15, 0.2) is 16.1 Å². The highest BCUT2D eigenvalue weighted by Crippen LogP contribution is 2.36. The van der Waals surface area contributed by atoms with Gasteiger partial charge in [0.05, 0.1) is 0 Å². The topological polar surface area (TPSA) is 108 Å². The van der Waals surface area contributed by atoms with Crippen molar-refractivity contribution < 1.29 is 18.7 Å². The van der Waals surface area contributed by atoms with Crippen molar-refractivity contribution in [1.29, 1.82) is 0 Å². The predicted molar refractivity (Wildman–Crippen MR) is 104 cm³/mol. The van der Waals surface area contributed by atoms with E-state index >= 15 is 0 Å². The van der Waals surface area contributed by atoms with Crippen molar-refractivity contribution in [2.24, 2.45) is 0 Å². The van der Waals surface area contributed by atoms with E-state index in [4.69, 9.17) is 19.6 Å². The molecule has 0 unspecified atom stereocenters. The average molecular weight is 450 g/mol. The molecule has 4 heterocycles. The van der Waals surface area contributed by atoms with Crippen LogP contribution in [0.25, 0.3) is 17.2 Å². The lowest BCUT2D eigenvalue weighted by Crippen LogP contribution is -2.50. The smallest absolute Gasteiger partial charge is 0.258 e. The van der Waals surface area contributed by atoms with Crippen LogP contribution in [0.1, 0.15) is 30.1 Å². The molecule has 1 amide bonds. The Balaban J connectivity index is 1.75. The lowest BCUT2D eigenvalue weighted by atomic mass is 10.1. The summed E-state index contributed by atoms with van der Waals surface area (Å²) in [6.07, 6.45) is 0.990. The summed E-state index contributed by atoms with van der Waals surface area (Å²) in [5.74, 6) is 0.916. The lowest BCUT2D eigenvalue weighted by molar-refractivity contribution is -0.126. The summed E-state index contributed by atoms with van der Waals surface area (Å²) in [4.78, 5) is 19.4. The van der Waals surface area contributed by atoms with E-state index in [0.717, 1.165) is 0 Å². The number of nitrogens with two attached hydrogens (primary N) is 1. The maximum atomic E-state index is 13.3. The molecule has 1 aliphatic rings. The van der Waals surface area contributed by atoms with Crippen molar-refractivity contribution in [2.75, 3.05) is 20.0 Å². The Kier molecular flexibility index (Phi) is 4.64. The molecule has 0 aliphatic carbocycles. The Morgan fingerprint density at radius 3 is 2.82 bits per heavy atom. The number of likely N-dealkylation sites (tertiary alicyclic amines) is 1. The maximum Gasteiger partial charge on any atom is 0.258 e. The largest absolute Gasteiger partial charge is 0.446 e. The number of nitrogens with zero attached hydrogens (tertiary/aromatic N) is 4. The molecule has 0 bridgehead atoms. The van der Waals surface area contributed by atoms with Crippen molar-refractivity contribution >= 4 is 33.3 Å². The maximum absolute atomic E-state index is 13.3. The Bertz CT molecular complexity index is 1050. The molecule has 1 saturated heterocycles. The summed E-state index contributed by atoms with van der Waals surface area (Å²) in [7, 11) is 3.17. The summed E-state index contributed by atoms with van der Waals surface area (Å²) >= 11 is 3.26. The summed E-state index contributed by atoms with van der Waals surface area (Å²) < 4.78 is 18.6. The van der Waals surface area contributed by atoms with E-state index in [-0.39, 0.29) is 18.0 Å². The second-order valence-corrected chi connectivity index (χ2v) is 7.54. The third-order valence-corrected chi connectivity index (χ3v) is 5.51. The van der Waals surface area contributed by atoms with Crippen LogP contribution in [-0.2, 0) is 9.47 Å². The van der Waals surface area contributed by atoms with Crippen LogP contribution in [0.15, 0.2) is 33.4 Å². The number of methoxy groups -OCH3 is 2. The van der Waals surface area contributed by atoms with Crippen LogP contribution in [0.4, 0.5) is 5.82 Å². The number of halogens is 1. The molecule has 1 fully saturated rings. The zero-order valence-electron chi connectivity index (χ0n) is 15.7. The quantitative estimate of drug-likeness (QED) is 0.651. The van der Waals surface area contributed by atoms with E-state index in [0.29, 0.717) is 40.3 Å². The fraction of sp³-hybridized carbons (Fsp3) is 0.389. The second-order valence-electron chi connectivity index (χ2n) is 6.76. The highest BCUT2D eigenvalue weighted by molar-refractivity contribution is 9.10. The number of carbonyl (C=O) groups is 1. The van der Waals surface area contributed by atoms with E-state index in [1.165, 1.54) is 4.52 Å². The molecule has 9 nitrogen and oxygen atoms in total. The van der Waals surface area contributed by atoms with Gasteiger partial charge >= 0.3 is 0 Å². The van der Waals surface area contributed by atoms with Gasteiger partial charge in [-0.15, -0.1) is 5.10 Å². The number of rotatable bonds is 4. The highest BCUT2D eigenvalue weighted by atomic mass is 79.9. The minimum atomic E-state index is -0.752. The van der Waals surface area contributed by atoms with Crippen molar-refractivity contribution in [3.63, 3.8) is 0 Å². The first-order chi connectivity index (χ1) is 13.4. The molecule has 28 heavy (non-hydrogen) atoms. The average Bonchev–Trinajstić information content (AvgIpc) is 3.38. The minimum Gasteiger partial charge on any atom is -0.446 e. The number of nitrogen functional groups attached to an aromatic ring is 1. The third-order valence-electron chi connectivity index (χ3n) is 5.09. The van der Waals surface area contributed by atoms with Gasteiger partial charge in [-0.3, -0.25) is 9.69 Å². The Morgan fingerprint density at radius 1 is 1.39 bits per heavy atom. The summed E-state index contributed by atoms with van der Waals surface area (Å²) in [6, 6.07) is 6.73. The lowest BCUT2D eigenvalue weighted by Gasteiger charge is -2.36. The first-order valence-electron chi connectivity index (χ1n) is 8.70. The van der Waals surface area contributed by atoms with Crippen molar-refractivity contribution in [3.05, 3.63) is 34.5 Å². The Morgan fingerprint density at radius 2 is 2.18 bits per heavy atom. The Hall–Kier alpha value is -2.43. The molecular weight excluding hydrogens is 430 g/mol. The Labute approximate surface area is 169 Å². The number of hydrogen-bond donors (Lipinski definition) is 1. The van der Waals surface area contributed by atoms with Gasteiger partial charge in [-0.1, -0.05) is 0 Å². The normalized spacial score (nSPS) is 22.3. The first-order valence-corrected chi connectivity index (χ1v) is 9.49. The standard InChI is InChI=1S/C18H20BrN5O4/c1-18(27-3)7-6-15(26-2)23(18)17(25)10-8-13(20)24-14(9-10)21-16(22-24)11-4-5-12(19)28-11/h4-5,8-9,15H,6-7,20H2,1-3H3/t15-,18-/m0/s1. The van der Waals surface area contributed by atoms with E-state index in [2.05, 4.69) is 26.0 Å². The van der Waals surface area contributed by atoms with Crippen LogP contribution < -0.4 is 5.73 Å². The summed E-state index contributed by atoms with van der Waals surface area (Å²) in [6.45, 7) is 1.87. The fourth-order valence-corrected chi connectivity index (χ4v) is 3.83. The molecular formula is C18H20BrN5O4. The van der Waals surface area contributed by atoms with E-state index in [9.17, 15) is 4.79 Å². The summed E-state index contributed by atoms with van der Waals surface area (Å²) in [5.41, 5.74) is 6.22. The van der Waals surface area contributed by atoms with Gasteiger partial charge < -0.3 is 19.6 Å². The molecule has 3 aromatic rings. The van der Waals surface area contributed by atoms with Crippen molar-refractivity contribution in [2.45, 2.75) is 31.7 Å². The number of anilines is 1. The number of pyridine rings is 1. The van der Waals surface area contributed by atoms with Crippen molar-refractivity contribution in [1.82, 2.24) is 19.5 Å². The van der Waals surface area contributed by atoms with Gasteiger partial charge in [0.2, 0.25) is 5.82 Å².